The number of fused-ring (bicyclic) bond motifs is 1. The molecule has 2 heterocycles. The maximum Gasteiger partial charge on any atom is 0.329 e. The van der Waals surface area contributed by atoms with Gasteiger partial charge in [0, 0.05) is 37.2 Å². The van der Waals surface area contributed by atoms with Crippen molar-refractivity contribution in [3.8, 4) is 5.75 Å². The molecule has 2 aromatic rings. The van der Waals surface area contributed by atoms with Gasteiger partial charge in [-0.15, -0.1) is 0 Å². The summed E-state index contributed by atoms with van der Waals surface area (Å²) in [4.78, 5) is 29.3. The standard InChI is InChI=1S/C20H26FN3O4/c1-10-6-7-23(8-12(10)9-25)17-15(21)11(2)14-16(18(17)28-3)24(13-4-5-13)20(27)22-19(14)26/h10,12-13,25H,4-9H2,1-3H3,(H,22,26,27). The second-order valence-electron chi connectivity index (χ2n) is 8.06. The predicted molar refractivity (Wildman–Crippen MR) is 105 cm³/mol. The molecule has 0 spiro atoms. The van der Waals surface area contributed by atoms with Crippen molar-refractivity contribution in [3.63, 3.8) is 0 Å². The molecule has 2 unspecified atom stereocenters. The van der Waals surface area contributed by atoms with Crippen molar-refractivity contribution < 1.29 is 14.2 Å². The zero-order valence-corrected chi connectivity index (χ0v) is 16.4. The average molecular weight is 391 g/mol. The average Bonchev–Trinajstić information content (AvgIpc) is 3.49. The fourth-order valence-corrected chi connectivity index (χ4v) is 4.37. The Morgan fingerprint density at radius 3 is 2.61 bits per heavy atom. The van der Waals surface area contributed by atoms with Gasteiger partial charge in [0.1, 0.15) is 11.2 Å². The lowest BCUT2D eigenvalue weighted by Gasteiger charge is -2.38. The number of hydrogen-bond acceptors (Lipinski definition) is 5. The number of aliphatic hydroxyl groups is 1. The molecule has 2 atom stereocenters. The van der Waals surface area contributed by atoms with Gasteiger partial charge in [-0.2, -0.15) is 0 Å². The van der Waals surface area contributed by atoms with E-state index >= 15 is 4.39 Å². The molecule has 1 aromatic carbocycles. The Morgan fingerprint density at radius 1 is 1.29 bits per heavy atom. The SMILES string of the molecule is COc1c(N2CCC(C)C(CO)C2)c(F)c(C)c2c(=O)[nH]c(=O)n(C3CC3)c12. The van der Waals surface area contributed by atoms with Crippen LogP contribution >= 0.6 is 0 Å². The van der Waals surface area contributed by atoms with Crippen LogP contribution in [0.25, 0.3) is 10.9 Å². The van der Waals surface area contributed by atoms with Gasteiger partial charge in [0.05, 0.1) is 12.5 Å². The molecule has 152 valence electrons. The molecule has 1 saturated heterocycles. The van der Waals surface area contributed by atoms with Crippen molar-refractivity contribution in [1.82, 2.24) is 9.55 Å². The molecule has 0 bridgehead atoms. The molecule has 4 rings (SSSR count). The zero-order chi connectivity index (χ0) is 20.2. The molecule has 2 N–H and O–H groups in total. The normalized spacial score (nSPS) is 22.7. The van der Waals surface area contributed by atoms with Gasteiger partial charge in [-0.25, -0.2) is 9.18 Å². The number of ether oxygens (including phenoxy) is 1. The second-order valence-corrected chi connectivity index (χ2v) is 8.06. The Balaban J connectivity index is 2.02. The zero-order valence-electron chi connectivity index (χ0n) is 16.4. The molecule has 1 saturated carbocycles. The first-order valence-corrected chi connectivity index (χ1v) is 9.79. The summed E-state index contributed by atoms with van der Waals surface area (Å²) in [7, 11) is 1.44. The summed E-state index contributed by atoms with van der Waals surface area (Å²) in [5.41, 5.74) is -0.237. The molecular formula is C20H26FN3O4. The Hall–Kier alpha value is -2.35. The van der Waals surface area contributed by atoms with Crippen LogP contribution in [0.4, 0.5) is 10.1 Å². The summed E-state index contributed by atoms with van der Waals surface area (Å²) in [6, 6.07) is -0.00923. The van der Waals surface area contributed by atoms with Crippen LogP contribution in [0.5, 0.6) is 5.75 Å². The Kier molecular flexibility index (Phi) is 4.69. The third kappa shape index (κ3) is 2.82. The number of nitrogens with zero attached hydrogens (tertiary/aromatic N) is 2. The van der Waals surface area contributed by atoms with Crippen LogP contribution in [0.1, 0.15) is 37.8 Å². The van der Waals surface area contributed by atoms with E-state index in [-0.39, 0.29) is 41.0 Å². The summed E-state index contributed by atoms with van der Waals surface area (Å²) in [5.74, 6) is 0.0736. The third-order valence-corrected chi connectivity index (χ3v) is 6.27. The number of H-pyrrole nitrogens is 1. The van der Waals surface area contributed by atoms with Gasteiger partial charge in [-0.05, 0) is 32.1 Å². The van der Waals surface area contributed by atoms with Gasteiger partial charge in [0.25, 0.3) is 5.56 Å². The number of piperidine rings is 1. The number of benzene rings is 1. The minimum Gasteiger partial charge on any atom is -0.492 e. The fraction of sp³-hybridized carbons (Fsp3) is 0.600. The van der Waals surface area contributed by atoms with Crippen LogP contribution in [0, 0.1) is 24.6 Å². The first kappa shape index (κ1) is 19.0. The van der Waals surface area contributed by atoms with Crippen LogP contribution in [0.15, 0.2) is 9.59 Å². The van der Waals surface area contributed by atoms with Gasteiger partial charge < -0.3 is 14.7 Å². The number of aromatic nitrogens is 2. The molecule has 7 nitrogen and oxygen atoms in total. The lowest BCUT2D eigenvalue weighted by atomic mass is 9.87. The summed E-state index contributed by atoms with van der Waals surface area (Å²) in [5, 5.41) is 9.86. The van der Waals surface area contributed by atoms with E-state index in [2.05, 4.69) is 11.9 Å². The number of anilines is 1. The summed E-state index contributed by atoms with van der Waals surface area (Å²) < 4.78 is 22.7. The summed E-state index contributed by atoms with van der Waals surface area (Å²) in [6.45, 7) is 4.79. The highest BCUT2D eigenvalue weighted by Gasteiger charge is 2.34. The number of aryl methyl sites for hydroxylation is 1. The molecular weight excluding hydrogens is 365 g/mol. The number of halogens is 1. The highest BCUT2D eigenvalue weighted by atomic mass is 19.1. The topological polar surface area (TPSA) is 87.6 Å². The first-order valence-electron chi connectivity index (χ1n) is 9.79. The summed E-state index contributed by atoms with van der Waals surface area (Å²) in [6.07, 6.45) is 2.49. The number of methoxy groups -OCH3 is 1. The first-order chi connectivity index (χ1) is 13.4. The number of hydrogen-bond donors (Lipinski definition) is 2. The number of rotatable bonds is 4. The highest BCUT2D eigenvalue weighted by Crippen LogP contribution is 2.44. The molecule has 1 aliphatic heterocycles. The second kappa shape index (κ2) is 6.92. The smallest absolute Gasteiger partial charge is 0.329 e. The Labute approximate surface area is 161 Å². The molecule has 8 heteroatoms. The lowest BCUT2D eigenvalue weighted by Crippen LogP contribution is -2.42. The third-order valence-electron chi connectivity index (χ3n) is 6.27. The monoisotopic (exact) mass is 391 g/mol. The maximum atomic E-state index is 15.5. The van der Waals surface area contributed by atoms with E-state index in [1.165, 1.54) is 7.11 Å². The molecule has 1 aliphatic carbocycles. The summed E-state index contributed by atoms with van der Waals surface area (Å²) >= 11 is 0. The molecule has 0 amide bonds. The van der Waals surface area contributed by atoms with E-state index in [4.69, 9.17) is 4.74 Å². The number of nitrogens with one attached hydrogen (secondary N) is 1. The van der Waals surface area contributed by atoms with E-state index in [9.17, 15) is 14.7 Å². The maximum absolute atomic E-state index is 15.5. The number of aromatic amines is 1. The van der Waals surface area contributed by atoms with Crippen LogP contribution in [0.3, 0.4) is 0 Å². The Morgan fingerprint density at radius 2 is 2.00 bits per heavy atom. The number of aliphatic hydroxyl groups excluding tert-OH is 1. The van der Waals surface area contributed by atoms with E-state index in [0.717, 1.165) is 19.3 Å². The fourth-order valence-electron chi connectivity index (χ4n) is 4.37. The van der Waals surface area contributed by atoms with Gasteiger partial charge in [0.15, 0.2) is 11.6 Å². The minimum atomic E-state index is -0.598. The molecule has 2 aliphatic rings. The molecule has 28 heavy (non-hydrogen) atoms. The van der Waals surface area contributed by atoms with Crippen molar-refractivity contribution in [2.24, 2.45) is 11.8 Å². The van der Waals surface area contributed by atoms with Gasteiger partial charge >= 0.3 is 5.69 Å². The van der Waals surface area contributed by atoms with E-state index < -0.39 is 17.1 Å². The molecule has 2 fully saturated rings. The minimum absolute atomic E-state index is 0.00923. The van der Waals surface area contributed by atoms with Crippen molar-refractivity contribution in [2.75, 3.05) is 31.7 Å². The quantitative estimate of drug-likeness (QED) is 0.832. The van der Waals surface area contributed by atoms with Crippen LogP contribution in [0.2, 0.25) is 0 Å². The lowest BCUT2D eigenvalue weighted by molar-refractivity contribution is 0.165. The van der Waals surface area contributed by atoms with Gasteiger partial charge in [-0.1, -0.05) is 6.92 Å². The highest BCUT2D eigenvalue weighted by molar-refractivity contribution is 5.93. The largest absolute Gasteiger partial charge is 0.492 e. The van der Waals surface area contributed by atoms with Crippen molar-refractivity contribution >= 4 is 16.6 Å². The van der Waals surface area contributed by atoms with Crippen molar-refractivity contribution in [1.29, 1.82) is 0 Å². The predicted octanol–water partition coefficient (Wildman–Crippen LogP) is 1.94. The molecule has 0 radical (unpaired) electrons. The van der Waals surface area contributed by atoms with E-state index in [1.54, 1.807) is 11.5 Å². The van der Waals surface area contributed by atoms with Crippen LogP contribution < -0.4 is 20.9 Å². The van der Waals surface area contributed by atoms with Crippen LogP contribution in [-0.2, 0) is 0 Å². The van der Waals surface area contributed by atoms with E-state index in [0.29, 0.717) is 24.5 Å². The van der Waals surface area contributed by atoms with Gasteiger partial charge in [0.2, 0.25) is 0 Å². The van der Waals surface area contributed by atoms with Crippen molar-refractivity contribution in [3.05, 3.63) is 32.2 Å². The molecule has 1 aromatic heterocycles. The van der Waals surface area contributed by atoms with Gasteiger partial charge in [-0.3, -0.25) is 14.3 Å². The Bertz CT molecular complexity index is 1040. The van der Waals surface area contributed by atoms with Crippen molar-refractivity contribution in [2.45, 2.75) is 39.2 Å². The van der Waals surface area contributed by atoms with E-state index in [1.807, 2.05) is 4.90 Å². The van der Waals surface area contributed by atoms with Crippen LogP contribution in [-0.4, -0.2) is 41.5 Å².